The van der Waals surface area contributed by atoms with Crippen LogP contribution in [-0.4, -0.2) is 63.7 Å². The summed E-state index contributed by atoms with van der Waals surface area (Å²) >= 11 is 0. The molecule has 1 unspecified atom stereocenters. The zero-order valence-corrected chi connectivity index (χ0v) is 13.8. The van der Waals surface area contributed by atoms with Gasteiger partial charge in [0.05, 0.1) is 12.4 Å². The van der Waals surface area contributed by atoms with Gasteiger partial charge in [-0.05, 0) is 38.3 Å². The predicted octanol–water partition coefficient (Wildman–Crippen LogP) is 1.12. The van der Waals surface area contributed by atoms with Gasteiger partial charge in [-0.15, -0.1) is 0 Å². The van der Waals surface area contributed by atoms with Gasteiger partial charge < -0.3 is 4.90 Å². The van der Waals surface area contributed by atoms with Crippen molar-refractivity contribution >= 4 is 5.91 Å². The number of hydrogen-bond donors (Lipinski definition) is 0. The molecule has 1 aromatic rings. The van der Waals surface area contributed by atoms with Gasteiger partial charge in [-0.1, -0.05) is 0 Å². The number of halogens is 3. The van der Waals surface area contributed by atoms with Crippen molar-refractivity contribution in [1.29, 1.82) is 0 Å². The first-order valence-electron chi connectivity index (χ1n) is 8.43. The second-order valence-corrected chi connectivity index (χ2v) is 6.73. The summed E-state index contributed by atoms with van der Waals surface area (Å²) in [6, 6.07) is 0.978. The average Bonchev–Trinajstić information content (AvgIpc) is 2.90. The first kappa shape index (κ1) is 17.9. The van der Waals surface area contributed by atoms with Crippen molar-refractivity contribution < 1.29 is 18.0 Å². The number of amides is 1. The molecule has 2 aliphatic rings. The topological polar surface area (TPSA) is 58.4 Å². The van der Waals surface area contributed by atoms with Crippen LogP contribution >= 0.6 is 0 Å². The normalized spacial score (nSPS) is 23.4. The molecule has 0 N–H and O–H groups in total. The third-order valence-corrected chi connectivity index (χ3v) is 4.98. The highest BCUT2D eigenvalue weighted by Gasteiger charge is 2.42. The van der Waals surface area contributed by atoms with E-state index in [9.17, 15) is 22.8 Å². The number of alkyl halides is 3. The third-order valence-electron chi connectivity index (χ3n) is 4.98. The van der Waals surface area contributed by atoms with Crippen LogP contribution in [0, 0.1) is 5.92 Å². The highest BCUT2D eigenvalue weighted by atomic mass is 19.4. The second-order valence-electron chi connectivity index (χ2n) is 6.73. The molecule has 1 atom stereocenters. The van der Waals surface area contributed by atoms with Crippen molar-refractivity contribution in [3.63, 3.8) is 0 Å². The number of aromatic nitrogens is 2. The molecule has 1 amide bonds. The minimum atomic E-state index is -4.35. The van der Waals surface area contributed by atoms with E-state index in [2.05, 4.69) is 4.98 Å². The van der Waals surface area contributed by atoms with E-state index in [1.54, 1.807) is 4.57 Å². The van der Waals surface area contributed by atoms with Gasteiger partial charge in [0.15, 0.2) is 0 Å². The van der Waals surface area contributed by atoms with E-state index in [-0.39, 0.29) is 12.1 Å². The van der Waals surface area contributed by atoms with Gasteiger partial charge in [0.25, 0.3) is 5.56 Å². The van der Waals surface area contributed by atoms with Gasteiger partial charge >= 0.3 is 6.18 Å². The Balaban J connectivity index is 1.52. The summed E-state index contributed by atoms with van der Waals surface area (Å²) in [7, 11) is 0. The predicted molar refractivity (Wildman–Crippen MR) is 83.8 cm³/mol. The second kappa shape index (κ2) is 7.15. The molecule has 25 heavy (non-hydrogen) atoms. The summed E-state index contributed by atoms with van der Waals surface area (Å²) in [4.78, 5) is 30.8. The maximum atomic E-state index is 12.5. The summed E-state index contributed by atoms with van der Waals surface area (Å²) in [5.41, 5.74) is -0.0915. The van der Waals surface area contributed by atoms with Crippen LogP contribution in [0.2, 0.25) is 0 Å². The minimum absolute atomic E-state index is 0.0915. The van der Waals surface area contributed by atoms with Gasteiger partial charge in [0.1, 0.15) is 6.54 Å². The number of piperidine rings is 1. The Hall–Kier alpha value is -1.90. The van der Waals surface area contributed by atoms with Crippen molar-refractivity contribution in [3.8, 4) is 0 Å². The van der Waals surface area contributed by atoms with Crippen LogP contribution in [-0.2, 0) is 11.3 Å². The molecular formula is C16H21F3N4O2. The van der Waals surface area contributed by atoms with E-state index in [0.29, 0.717) is 32.0 Å². The average molecular weight is 358 g/mol. The molecule has 0 radical (unpaired) electrons. The highest BCUT2D eigenvalue weighted by molar-refractivity contribution is 5.84. The maximum absolute atomic E-state index is 12.5. The van der Waals surface area contributed by atoms with Crippen molar-refractivity contribution in [2.45, 2.75) is 38.0 Å². The Morgan fingerprint density at radius 2 is 1.84 bits per heavy atom. The Morgan fingerprint density at radius 3 is 2.48 bits per heavy atom. The molecule has 138 valence electrons. The Labute approximate surface area is 143 Å². The number of rotatable bonds is 4. The first-order valence-corrected chi connectivity index (χ1v) is 8.43. The van der Waals surface area contributed by atoms with Crippen LogP contribution in [0.3, 0.4) is 0 Å². The van der Waals surface area contributed by atoms with E-state index in [0.717, 1.165) is 17.7 Å². The molecule has 0 saturated carbocycles. The van der Waals surface area contributed by atoms with Gasteiger partial charge in [0.2, 0.25) is 5.91 Å². The molecule has 6 nitrogen and oxygen atoms in total. The Morgan fingerprint density at radius 1 is 1.12 bits per heavy atom. The quantitative estimate of drug-likeness (QED) is 0.809. The van der Waals surface area contributed by atoms with Crippen molar-refractivity contribution in [3.05, 3.63) is 28.9 Å². The number of likely N-dealkylation sites (tertiary alicyclic amines) is 2. The Kier molecular flexibility index (Phi) is 5.12. The summed E-state index contributed by atoms with van der Waals surface area (Å²) in [6.45, 7) is 0.905. The lowest BCUT2D eigenvalue weighted by molar-refractivity contribution is -0.159. The van der Waals surface area contributed by atoms with E-state index < -0.39 is 24.7 Å². The van der Waals surface area contributed by atoms with Gasteiger partial charge in [-0.2, -0.15) is 13.2 Å². The van der Waals surface area contributed by atoms with Crippen molar-refractivity contribution in [2.24, 2.45) is 5.92 Å². The van der Waals surface area contributed by atoms with Crippen LogP contribution in [0.4, 0.5) is 13.2 Å². The fourth-order valence-electron chi connectivity index (χ4n) is 3.68. The summed E-state index contributed by atoms with van der Waals surface area (Å²) in [5, 5.41) is 0. The standard InChI is InChI=1S/C16H21F3N4O2/c17-16(18,19)10-22-8-4-13(15(22)25)21-6-2-12(3-7-21)9-23-11-20-5-1-14(23)24/h1,5,11-13H,2-4,6-10H2. The summed E-state index contributed by atoms with van der Waals surface area (Å²) < 4.78 is 39.1. The smallest absolute Gasteiger partial charge is 0.332 e. The number of hydrogen-bond acceptors (Lipinski definition) is 4. The van der Waals surface area contributed by atoms with Crippen LogP contribution in [0.1, 0.15) is 19.3 Å². The van der Waals surface area contributed by atoms with E-state index in [1.807, 2.05) is 4.90 Å². The summed E-state index contributed by atoms with van der Waals surface area (Å²) in [5.74, 6) is -0.111. The van der Waals surface area contributed by atoms with E-state index in [1.165, 1.54) is 18.6 Å². The molecule has 1 aromatic heterocycles. The molecule has 9 heteroatoms. The largest absolute Gasteiger partial charge is 0.406 e. The zero-order chi connectivity index (χ0) is 18.0. The molecule has 0 spiro atoms. The monoisotopic (exact) mass is 358 g/mol. The fraction of sp³-hybridized carbons (Fsp3) is 0.688. The van der Waals surface area contributed by atoms with E-state index in [4.69, 9.17) is 0 Å². The van der Waals surface area contributed by atoms with Crippen LogP contribution in [0.15, 0.2) is 23.4 Å². The maximum Gasteiger partial charge on any atom is 0.406 e. The SMILES string of the molecule is O=C1C(N2CCC(Cn3cnccc3=O)CC2)CCN1CC(F)(F)F. The number of nitrogens with zero attached hydrogens (tertiary/aromatic N) is 4. The van der Waals surface area contributed by atoms with Gasteiger partial charge in [-0.3, -0.25) is 19.1 Å². The molecule has 2 fully saturated rings. The Bertz CT molecular complexity index is 668. The molecule has 2 saturated heterocycles. The molecular weight excluding hydrogens is 337 g/mol. The van der Waals surface area contributed by atoms with Crippen molar-refractivity contribution in [1.82, 2.24) is 19.4 Å². The van der Waals surface area contributed by atoms with Gasteiger partial charge in [-0.25, -0.2) is 4.98 Å². The number of carbonyl (C=O) groups excluding carboxylic acids is 1. The lowest BCUT2D eigenvalue weighted by Crippen LogP contribution is -2.47. The van der Waals surface area contributed by atoms with Gasteiger partial charge in [0, 0.05) is 25.4 Å². The molecule has 0 bridgehead atoms. The summed E-state index contributed by atoms with van der Waals surface area (Å²) in [6.07, 6.45) is 0.689. The third kappa shape index (κ3) is 4.39. The van der Waals surface area contributed by atoms with Crippen LogP contribution in [0.25, 0.3) is 0 Å². The highest BCUT2D eigenvalue weighted by Crippen LogP contribution is 2.27. The fourth-order valence-corrected chi connectivity index (χ4v) is 3.68. The molecule has 3 rings (SSSR count). The molecule has 0 aromatic carbocycles. The number of carbonyl (C=O) groups is 1. The molecule has 0 aliphatic carbocycles. The van der Waals surface area contributed by atoms with Crippen LogP contribution < -0.4 is 5.56 Å². The molecule has 3 heterocycles. The first-order chi connectivity index (χ1) is 11.8. The van der Waals surface area contributed by atoms with Crippen LogP contribution in [0.5, 0.6) is 0 Å². The molecule has 2 aliphatic heterocycles. The van der Waals surface area contributed by atoms with Crippen molar-refractivity contribution in [2.75, 3.05) is 26.2 Å². The lowest BCUT2D eigenvalue weighted by Gasteiger charge is -2.35. The minimum Gasteiger partial charge on any atom is -0.332 e. The zero-order valence-electron chi connectivity index (χ0n) is 13.8. The van der Waals surface area contributed by atoms with E-state index >= 15 is 0 Å². The lowest BCUT2D eigenvalue weighted by atomic mass is 9.95.